The number of nitriles is 2. The number of aromatic hydroxyl groups is 2. The number of hydrogen-bond acceptors (Lipinski definition) is 5. The Morgan fingerprint density at radius 1 is 1.05 bits per heavy atom. The van der Waals surface area contributed by atoms with E-state index in [1.54, 1.807) is 24.3 Å². The van der Waals surface area contributed by atoms with Crippen molar-refractivity contribution in [3.05, 3.63) is 41.5 Å². The van der Waals surface area contributed by atoms with Crippen molar-refractivity contribution in [3.63, 3.8) is 0 Å². The van der Waals surface area contributed by atoms with Gasteiger partial charge in [0.05, 0.1) is 18.7 Å². The molecular formula is C15H10N2O3. The van der Waals surface area contributed by atoms with Gasteiger partial charge >= 0.3 is 0 Å². The third kappa shape index (κ3) is 2.09. The van der Waals surface area contributed by atoms with Gasteiger partial charge in [0.15, 0.2) is 11.5 Å². The van der Waals surface area contributed by atoms with Crippen LogP contribution >= 0.6 is 0 Å². The Balaban J connectivity index is 2.75. The maximum absolute atomic E-state index is 9.75. The second-order valence-corrected chi connectivity index (χ2v) is 3.99. The lowest BCUT2D eigenvalue weighted by atomic mass is 9.94. The highest BCUT2D eigenvalue weighted by molar-refractivity contribution is 5.81. The van der Waals surface area contributed by atoms with Crippen LogP contribution in [-0.4, -0.2) is 17.3 Å². The van der Waals surface area contributed by atoms with Crippen molar-refractivity contribution in [1.82, 2.24) is 0 Å². The third-order valence-electron chi connectivity index (χ3n) is 2.89. The molecule has 20 heavy (non-hydrogen) atoms. The van der Waals surface area contributed by atoms with Gasteiger partial charge in [-0.1, -0.05) is 12.1 Å². The summed E-state index contributed by atoms with van der Waals surface area (Å²) < 4.78 is 5.04. The van der Waals surface area contributed by atoms with Crippen LogP contribution in [0.1, 0.15) is 11.1 Å². The molecule has 0 aromatic heterocycles. The lowest BCUT2D eigenvalue weighted by Gasteiger charge is -2.10. The fraction of sp³-hybridized carbons (Fsp3) is 0.0667. The molecule has 0 unspecified atom stereocenters. The number of methoxy groups -OCH3 is 1. The summed E-state index contributed by atoms with van der Waals surface area (Å²) in [5.74, 6) is -0.388. The number of hydrogen-bond donors (Lipinski definition) is 2. The third-order valence-corrected chi connectivity index (χ3v) is 2.89. The summed E-state index contributed by atoms with van der Waals surface area (Å²) in [5.41, 5.74) is 0.843. The van der Waals surface area contributed by atoms with E-state index < -0.39 is 11.5 Å². The monoisotopic (exact) mass is 266 g/mol. The molecule has 0 saturated heterocycles. The first-order valence-electron chi connectivity index (χ1n) is 5.66. The number of benzene rings is 2. The summed E-state index contributed by atoms with van der Waals surface area (Å²) in [5, 5.41) is 37.6. The molecule has 0 fully saturated rings. The second kappa shape index (κ2) is 5.21. The van der Waals surface area contributed by atoms with E-state index in [-0.39, 0.29) is 16.7 Å². The van der Waals surface area contributed by atoms with E-state index in [4.69, 9.17) is 15.3 Å². The summed E-state index contributed by atoms with van der Waals surface area (Å²) in [6.45, 7) is 0. The normalized spacial score (nSPS) is 9.55. The van der Waals surface area contributed by atoms with Gasteiger partial charge in [-0.05, 0) is 17.7 Å². The zero-order valence-electron chi connectivity index (χ0n) is 10.6. The van der Waals surface area contributed by atoms with Crippen molar-refractivity contribution in [2.75, 3.05) is 7.11 Å². The van der Waals surface area contributed by atoms with E-state index in [2.05, 4.69) is 0 Å². The molecule has 98 valence electrons. The maximum Gasteiger partial charge on any atom is 0.176 e. The van der Waals surface area contributed by atoms with Gasteiger partial charge in [0.25, 0.3) is 0 Å². The molecule has 0 atom stereocenters. The predicted molar refractivity (Wildman–Crippen MR) is 71.2 cm³/mol. The highest BCUT2D eigenvalue weighted by Gasteiger charge is 2.18. The Morgan fingerprint density at radius 2 is 1.70 bits per heavy atom. The van der Waals surface area contributed by atoms with E-state index >= 15 is 0 Å². The van der Waals surface area contributed by atoms with Crippen molar-refractivity contribution in [3.8, 4) is 40.5 Å². The van der Waals surface area contributed by atoms with Crippen molar-refractivity contribution >= 4 is 0 Å². The van der Waals surface area contributed by atoms with Gasteiger partial charge in [0, 0.05) is 11.6 Å². The van der Waals surface area contributed by atoms with E-state index in [9.17, 15) is 10.2 Å². The van der Waals surface area contributed by atoms with Gasteiger partial charge in [-0.3, -0.25) is 0 Å². The standard InChI is InChI=1S/C15H10N2O3/c1-20-11-4-2-9(3-5-11)14-10(7-16)6-13(18)15(19)12(14)8-17/h2-6,18-19H,1H3. The van der Waals surface area contributed by atoms with E-state index in [0.29, 0.717) is 11.3 Å². The second-order valence-electron chi connectivity index (χ2n) is 3.99. The lowest BCUT2D eigenvalue weighted by Crippen LogP contribution is -1.92. The summed E-state index contributed by atoms with van der Waals surface area (Å²) in [7, 11) is 1.53. The molecule has 0 radical (unpaired) electrons. The molecule has 0 aliphatic carbocycles. The number of nitrogens with zero attached hydrogens (tertiary/aromatic N) is 2. The van der Waals surface area contributed by atoms with Crippen LogP contribution in [0.25, 0.3) is 11.1 Å². The van der Waals surface area contributed by atoms with Gasteiger partial charge in [0.2, 0.25) is 0 Å². The fourth-order valence-electron chi connectivity index (χ4n) is 1.91. The lowest BCUT2D eigenvalue weighted by molar-refractivity contribution is 0.402. The molecule has 0 aliphatic heterocycles. The summed E-state index contributed by atoms with van der Waals surface area (Å²) >= 11 is 0. The molecule has 2 aromatic carbocycles. The first kappa shape index (κ1) is 13.3. The van der Waals surface area contributed by atoms with Gasteiger partial charge in [-0.15, -0.1) is 0 Å². The van der Waals surface area contributed by atoms with Gasteiger partial charge in [-0.25, -0.2) is 0 Å². The molecule has 2 rings (SSSR count). The molecule has 5 heteroatoms. The van der Waals surface area contributed by atoms with Crippen molar-refractivity contribution in [2.24, 2.45) is 0 Å². The van der Waals surface area contributed by atoms with E-state index in [0.717, 1.165) is 6.07 Å². The average molecular weight is 266 g/mol. The molecule has 0 spiro atoms. The Hall–Kier alpha value is -3.18. The Kier molecular flexibility index (Phi) is 3.45. The van der Waals surface area contributed by atoms with E-state index in [1.807, 2.05) is 12.1 Å². The number of ether oxygens (including phenoxy) is 1. The largest absolute Gasteiger partial charge is 0.504 e. The van der Waals surface area contributed by atoms with E-state index in [1.165, 1.54) is 7.11 Å². The van der Waals surface area contributed by atoms with Crippen LogP contribution in [0, 0.1) is 22.7 Å². The minimum Gasteiger partial charge on any atom is -0.504 e. The highest BCUT2D eigenvalue weighted by atomic mass is 16.5. The molecule has 5 nitrogen and oxygen atoms in total. The molecule has 0 bridgehead atoms. The molecule has 2 N–H and O–H groups in total. The number of rotatable bonds is 2. The predicted octanol–water partition coefficient (Wildman–Crippen LogP) is 2.52. The van der Waals surface area contributed by atoms with Gasteiger partial charge in [-0.2, -0.15) is 10.5 Å². The first-order valence-corrected chi connectivity index (χ1v) is 5.66. The van der Waals surface area contributed by atoms with Crippen LogP contribution in [0.15, 0.2) is 30.3 Å². The van der Waals surface area contributed by atoms with Crippen LogP contribution in [0.2, 0.25) is 0 Å². The maximum atomic E-state index is 9.75. The fourth-order valence-corrected chi connectivity index (χ4v) is 1.91. The average Bonchev–Trinajstić information content (AvgIpc) is 2.49. The number of phenols is 2. The van der Waals surface area contributed by atoms with Crippen molar-refractivity contribution < 1.29 is 14.9 Å². The van der Waals surface area contributed by atoms with Crippen LogP contribution in [-0.2, 0) is 0 Å². The minimum absolute atomic E-state index is 0.113. The molecular weight excluding hydrogens is 256 g/mol. The van der Waals surface area contributed by atoms with Crippen LogP contribution in [0.3, 0.4) is 0 Å². The Bertz CT molecular complexity index is 738. The molecule has 0 heterocycles. The van der Waals surface area contributed by atoms with Crippen molar-refractivity contribution in [1.29, 1.82) is 10.5 Å². The first-order chi connectivity index (χ1) is 9.62. The molecule has 0 amide bonds. The topological polar surface area (TPSA) is 97.3 Å². The Labute approximate surface area is 115 Å². The Morgan fingerprint density at radius 3 is 2.20 bits per heavy atom. The smallest absolute Gasteiger partial charge is 0.176 e. The summed E-state index contributed by atoms with van der Waals surface area (Å²) in [4.78, 5) is 0. The zero-order chi connectivity index (χ0) is 14.7. The van der Waals surface area contributed by atoms with Gasteiger partial charge < -0.3 is 14.9 Å². The van der Waals surface area contributed by atoms with Crippen LogP contribution < -0.4 is 4.74 Å². The molecule has 0 saturated carbocycles. The highest BCUT2D eigenvalue weighted by Crippen LogP contribution is 2.39. The summed E-state index contributed by atoms with van der Waals surface area (Å²) in [6.07, 6.45) is 0. The molecule has 0 aliphatic rings. The zero-order valence-corrected chi connectivity index (χ0v) is 10.6. The van der Waals surface area contributed by atoms with Crippen molar-refractivity contribution in [2.45, 2.75) is 0 Å². The minimum atomic E-state index is -0.530. The number of phenolic OH excluding ortho intramolecular Hbond substituents is 2. The summed E-state index contributed by atoms with van der Waals surface area (Å²) in [6, 6.07) is 11.6. The van der Waals surface area contributed by atoms with Crippen LogP contribution in [0.4, 0.5) is 0 Å². The molecule has 2 aromatic rings. The van der Waals surface area contributed by atoms with Crippen LogP contribution in [0.5, 0.6) is 17.2 Å². The van der Waals surface area contributed by atoms with Gasteiger partial charge in [0.1, 0.15) is 17.4 Å². The SMILES string of the molecule is COc1ccc(-c2c(C#N)cc(O)c(O)c2C#N)cc1. The quantitative estimate of drug-likeness (QED) is 0.814.